The topological polar surface area (TPSA) is 73.3 Å². The van der Waals surface area contributed by atoms with Crippen LogP contribution in [-0.4, -0.2) is 74.5 Å². The summed E-state index contributed by atoms with van der Waals surface area (Å²) in [5.41, 5.74) is 3.24. The average molecular weight is 466 g/mol. The molecule has 0 aromatic heterocycles. The van der Waals surface area contributed by atoms with Crippen molar-refractivity contribution in [2.45, 2.75) is 26.3 Å². The van der Waals surface area contributed by atoms with Crippen LogP contribution in [0.15, 0.2) is 48.0 Å². The molecule has 0 unspecified atom stereocenters. The molecule has 7 heteroatoms. The Labute approximate surface area is 202 Å². The fourth-order valence-electron chi connectivity index (χ4n) is 4.05. The molecule has 0 bridgehead atoms. The Hall–Kier alpha value is -3.32. The van der Waals surface area contributed by atoms with Gasteiger partial charge in [0.05, 0.1) is 18.2 Å². The van der Waals surface area contributed by atoms with E-state index in [1.807, 2.05) is 76.1 Å². The van der Waals surface area contributed by atoms with E-state index in [4.69, 9.17) is 4.74 Å². The predicted octanol–water partition coefficient (Wildman–Crippen LogP) is 3.83. The number of benzene rings is 2. The molecule has 1 saturated heterocycles. The van der Waals surface area contributed by atoms with Crippen molar-refractivity contribution >= 4 is 23.1 Å². The monoisotopic (exact) mass is 465 g/mol. The van der Waals surface area contributed by atoms with Crippen LogP contribution in [0.5, 0.6) is 5.75 Å². The van der Waals surface area contributed by atoms with E-state index in [0.717, 1.165) is 29.0 Å². The van der Waals surface area contributed by atoms with Crippen molar-refractivity contribution in [2.75, 3.05) is 52.8 Å². The van der Waals surface area contributed by atoms with E-state index < -0.39 is 17.7 Å². The van der Waals surface area contributed by atoms with E-state index in [1.165, 1.54) is 0 Å². The average Bonchev–Trinajstić information content (AvgIpc) is 3.06. The molecule has 1 amide bonds. The number of rotatable bonds is 9. The van der Waals surface area contributed by atoms with Crippen LogP contribution in [0.4, 0.5) is 5.69 Å². The number of ketones is 1. The smallest absolute Gasteiger partial charge is 0.295 e. The van der Waals surface area contributed by atoms with Gasteiger partial charge in [-0.15, -0.1) is 0 Å². The number of carbonyl (C=O) groups is 2. The summed E-state index contributed by atoms with van der Waals surface area (Å²) < 4.78 is 5.74. The van der Waals surface area contributed by atoms with Crippen molar-refractivity contribution in [1.82, 2.24) is 9.80 Å². The second-order valence-electron chi connectivity index (χ2n) is 9.11. The summed E-state index contributed by atoms with van der Waals surface area (Å²) >= 11 is 0. The molecule has 182 valence electrons. The molecule has 0 aliphatic carbocycles. The summed E-state index contributed by atoms with van der Waals surface area (Å²) in [7, 11) is 7.74. The van der Waals surface area contributed by atoms with Gasteiger partial charge in [0.25, 0.3) is 11.7 Å². The maximum absolute atomic E-state index is 13.2. The minimum Gasteiger partial charge on any atom is -0.507 e. The Bertz CT molecular complexity index is 1070. The van der Waals surface area contributed by atoms with Crippen LogP contribution in [-0.2, 0) is 9.59 Å². The molecule has 1 fully saturated rings. The van der Waals surface area contributed by atoms with Crippen LogP contribution in [0.1, 0.15) is 36.1 Å². The Morgan fingerprint density at radius 2 is 1.74 bits per heavy atom. The number of aryl methyl sites for hydroxylation is 1. The third kappa shape index (κ3) is 5.25. The highest BCUT2D eigenvalue weighted by molar-refractivity contribution is 6.46. The maximum atomic E-state index is 13.2. The van der Waals surface area contributed by atoms with E-state index in [0.29, 0.717) is 25.3 Å². The largest absolute Gasteiger partial charge is 0.507 e. The fourth-order valence-corrected chi connectivity index (χ4v) is 4.05. The fraction of sp³-hybridized carbons (Fsp3) is 0.407. The molecule has 7 nitrogen and oxygen atoms in total. The molecule has 1 N–H and O–H groups in total. The first-order valence-corrected chi connectivity index (χ1v) is 11.6. The van der Waals surface area contributed by atoms with Crippen LogP contribution in [0.25, 0.3) is 5.76 Å². The van der Waals surface area contributed by atoms with Crippen molar-refractivity contribution in [3.63, 3.8) is 0 Å². The highest BCUT2D eigenvalue weighted by Gasteiger charge is 2.45. The van der Waals surface area contributed by atoms with Crippen molar-refractivity contribution < 1.29 is 19.4 Å². The van der Waals surface area contributed by atoms with Gasteiger partial charge in [0.2, 0.25) is 0 Å². The Balaban J connectivity index is 2.09. The number of Topliss-reactive ketones (excluding diaryl/α,β-unsaturated/α-hetero) is 1. The second kappa shape index (κ2) is 10.7. The third-order valence-corrected chi connectivity index (χ3v) is 5.96. The Morgan fingerprint density at radius 3 is 2.29 bits per heavy atom. The lowest BCUT2D eigenvalue weighted by atomic mass is 9.94. The molecule has 3 rings (SSSR count). The first-order valence-electron chi connectivity index (χ1n) is 11.6. The molecule has 2 aromatic carbocycles. The number of hydrogen-bond donors (Lipinski definition) is 1. The minimum absolute atomic E-state index is 0.114. The van der Waals surface area contributed by atoms with Crippen LogP contribution < -0.4 is 9.64 Å². The second-order valence-corrected chi connectivity index (χ2v) is 9.11. The van der Waals surface area contributed by atoms with Crippen LogP contribution in [0, 0.1) is 6.92 Å². The predicted molar refractivity (Wildman–Crippen MR) is 135 cm³/mol. The van der Waals surface area contributed by atoms with Gasteiger partial charge < -0.3 is 24.5 Å². The summed E-state index contributed by atoms with van der Waals surface area (Å²) in [6.07, 6.45) is 0.893. The van der Waals surface area contributed by atoms with Gasteiger partial charge in [0.15, 0.2) is 0 Å². The molecule has 0 radical (unpaired) electrons. The number of nitrogens with zero attached hydrogens (tertiary/aromatic N) is 3. The lowest BCUT2D eigenvalue weighted by Crippen LogP contribution is -2.35. The van der Waals surface area contributed by atoms with Crippen molar-refractivity contribution in [3.05, 3.63) is 64.7 Å². The SMILES string of the molecule is CCCOc1ccc(C(O)=C2C(=O)C(=O)N(CCN(C)C)[C@@H]2c2ccc(N(C)C)cc2)cc1C. The number of aliphatic hydroxyl groups excluding tert-OH is 1. The molecule has 0 spiro atoms. The summed E-state index contributed by atoms with van der Waals surface area (Å²) in [6.45, 7) is 5.51. The van der Waals surface area contributed by atoms with Gasteiger partial charge in [-0.1, -0.05) is 19.1 Å². The number of ether oxygens (including phenoxy) is 1. The van der Waals surface area contributed by atoms with Gasteiger partial charge in [-0.25, -0.2) is 0 Å². The first-order chi connectivity index (χ1) is 16.1. The molecule has 1 atom stereocenters. The van der Waals surface area contributed by atoms with Crippen LogP contribution in [0.2, 0.25) is 0 Å². The lowest BCUT2D eigenvalue weighted by molar-refractivity contribution is -0.140. The van der Waals surface area contributed by atoms with E-state index in [-0.39, 0.29) is 11.3 Å². The molecule has 1 aliphatic rings. The van der Waals surface area contributed by atoms with E-state index >= 15 is 0 Å². The van der Waals surface area contributed by atoms with Gasteiger partial charge >= 0.3 is 0 Å². The van der Waals surface area contributed by atoms with Crippen LogP contribution >= 0.6 is 0 Å². The molecule has 0 saturated carbocycles. The number of amides is 1. The first kappa shape index (κ1) is 25.3. The quantitative estimate of drug-likeness (QED) is 0.345. The third-order valence-electron chi connectivity index (χ3n) is 5.96. The molecule has 2 aromatic rings. The maximum Gasteiger partial charge on any atom is 0.295 e. The summed E-state index contributed by atoms with van der Waals surface area (Å²) in [4.78, 5) is 31.7. The zero-order valence-corrected chi connectivity index (χ0v) is 21.0. The zero-order valence-electron chi connectivity index (χ0n) is 21.0. The zero-order chi connectivity index (χ0) is 25.0. The number of aliphatic hydroxyl groups is 1. The van der Waals surface area contributed by atoms with Gasteiger partial charge in [0, 0.05) is 38.4 Å². The van der Waals surface area contributed by atoms with Crippen molar-refractivity contribution in [1.29, 1.82) is 0 Å². The van der Waals surface area contributed by atoms with Gasteiger partial charge in [0.1, 0.15) is 11.5 Å². The van der Waals surface area contributed by atoms with Gasteiger partial charge in [-0.05, 0) is 68.9 Å². The van der Waals surface area contributed by atoms with E-state index in [1.54, 1.807) is 23.1 Å². The Kier molecular flexibility index (Phi) is 7.99. The summed E-state index contributed by atoms with van der Waals surface area (Å²) in [6, 6.07) is 12.4. The number of anilines is 1. The summed E-state index contributed by atoms with van der Waals surface area (Å²) in [5.74, 6) is -0.690. The number of likely N-dealkylation sites (tertiary alicyclic amines) is 1. The molecular formula is C27H35N3O4. The number of hydrogen-bond acceptors (Lipinski definition) is 6. The summed E-state index contributed by atoms with van der Waals surface area (Å²) in [5, 5.41) is 11.3. The molecule has 34 heavy (non-hydrogen) atoms. The van der Waals surface area contributed by atoms with Gasteiger partial charge in [-0.3, -0.25) is 9.59 Å². The molecule has 1 heterocycles. The van der Waals surface area contributed by atoms with E-state index in [9.17, 15) is 14.7 Å². The normalized spacial score (nSPS) is 17.5. The van der Waals surface area contributed by atoms with Crippen LogP contribution in [0.3, 0.4) is 0 Å². The van der Waals surface area contributed by atoms with Gasteiger partial charge in [-0.2, -0.15) is 0 Å². The highest BCUT2D eigenvalue weighted by atomic mass is 16.5. The highest BCUT2D eigenvalue weighted by Crippen LogP contribution is 2.40. The van der Waals surface area contributed by atoms with E-state index in [2.05, 4.69) is 0 Å². The van der Waals surface area contributed by atoms with Crippen molar-refractivity contribution in [3.8, 4) is 5.75 Å². The molecule has 1 aliphatic heterocycles. The number of likely N-dealkylation sites (N-methyl/N-ethyl adjacent to an activating group) is 1. The standard InChI is InChI=1S/C27H35N3O4/c1-7-16-34-22-13-10-20(17-18(22)2)25(31)23-24(19-8-11-21(12-9-19)29(5)6)30(15-14-28(3)4)27(33)26(23)32/h8-13,17,24,31H,7,14-16H2,1-6H3/t24-/m1/s1. The van der Waals surface area contributed by atoms with Crippen molar-refractivity contribution in [2.24, 2.45) is 0 Å². The Morgan fingerprint density at radius 1 is 1.06 bits per heavy atom. The minimum atomic E-state index is -0.665. The molecular weight excluding hydrogens is 430 g/mol. The number of carbonyl (C=O) groups excluding carboxylic acids is 2. The lowest BCUT2D eigenvalue weighted by Gasteiger charge is -2.27.